The second-order valence-electron chi connectivity index (χ2n) is 7.60. The Kier molecular flexibility index (Phi) is 7.55. The number of hydrogen-bond acceptors (Lipinski definition) is 5. The van der Waals surface area contributed by atoms with E-state index in [1.54, 1.807) is 42.0 Å². The van der Waals surface area contributed by atoms with E-state index in [9.17, 15) is 9.59 Å². The third-order valence-corrected chi connectivity index (χ3v) is 6.64. The SMILES string of the molecule is CCCNC(=O)c1ccc2c(=O)n(-c3ccc(OC)cc3)c(SCc3ccccc3Cl)nc2c1. The van der Waals surface area contributed by atoms with Crippen LogP contribution in [0.3, 0.4) is 0 Å². The lowest BCUT2D eigenvalue weighted by molar-refractivity contribution is 0.0954. The fourth-order valence-corrected chi connectivity index (χ4v) is 4.76. The number of fused-ring (bicyclic) bond motifs is 1. The van der Waals surface area contributed by atoms with Gasteiger partial charge in [0.05, 0.1) is 23.7 Å². The first-order valence-corrected chi connectivity index (χ1v) is 12.2. The monoisotopic (exact) mass is 493 g/mol. The largest absolute Gasteiger partial charge is 0.497 e. The van der Waals surface area contributed by atoms with E-state index in [4.69, 9.17) is 21.3 Å². The second kappa shape index (κ2) is 10.8. The van der Waals surface area contributed by atoms with Crippen LogP contribution in [-0.4, -0.2) is 29.1 Å². The van der Waals surface area contributed by atoms with Crippen LogP contribution in [0.1, 0.15) is 29.3 Å². The van der Waals surface area contributed by atoms with Crippen molar-refractivity contribution in [1.29, 1.82) is 0 Å². The van der Waals surface area contributed by atoms with Gasteiger partial charge < -0.3 is 10.1 Å². The number of halogens is 1. The summed E-state index contributed by atoms with van der Waals surface area (Å²) < 4.78 is 6.84. The molecule has 0 unspecified atom stereocenters. The zero-order chi connectivity index (χ0) is 24.1. The topological polar surface area (TPSA) is 73.2 Å². The summed E-state index contributed by atoms with van der Waals surface area (Å²) in [6.07, 6.45) is 0.840. The van der Waals surface area contributed by atoms with E-state index in [-0.39, 0.29) is 11.5 Å². The van der Waals surface area contributed by atoms with Gasteiger partial charge >= 0.3 is 0 Å². The summed E-state index contributed by atoms with van der Waals surface area (Å²) in [6, 6.07) is 19.8. The van der Waals surface area contributed by atoms with Gasteiger partial charge in [0.2, 0.25) is 0 Å². The first kappa shape index (κ1) is 23.9. The Balaban J connectivity index is 1.82. The summed E-state index contributed by atoms with van der Waals surface area (Å²) in [4.78, 5) is 30.8. The quantitative estimate of drug-likeness (QED) is 0.260. The predicted molar refractivity (Wildman–Crippen MR) is 138 cm³/mol. The van der Waals surface area contributed by atoms with Crippen LogP contribution in [0.2, 0.25) is 5.02 Å². The molecule has 4 aromatic rings. The third kappa shape index (κ3) is 5.11. The summed E-state index contributed by atoms with van der Waals surface area (Å²) in [5.41, 5.74) is 2.35. The molecule has 1 heterocycles. The number of nitrogens with one attached hydrogen (secondary N) is 1. The molecule has 0 spiro atoms. The molecule has 0 fully saturated rings. The van der Waals surface area contributed by atoms with Crippen molar-refractivity contribution in [3.63, 3.8) is 0 Å². The number of rotatable bonds is 8. The van der Waals surface area contributed by atoms with Gasteiger partial charge in [0.1, 0.15) is 5.75 Å². The highest BCUT2D eigenvalue weighted by Gasteiger charge is 2.16. The average Bonchev–Trinajstić information content (AvgIpc) is 2.86. The van der Waals surface area contributed by atoms with E-state index in [1.165, 1.54) is 11.8 Å². The van der Waals surface area contributed by atoms with Crippen LogP contribution in [0.5, 0.6) is 5.75 Å². The van der Waals surface area contributed by atoms with Crippen molar-refractivity contribution in [2.75, 3.05) is 13.7 Å². The summed E-state index contributed by atoms with van der Waals surface area (Å²) >= 11 is 7.76. The summed E-state index contributed by atoms with van der Waals surface area (Å²) in [5.74, 6) is 1.04. The fourth-order valence-electron chi connectivity index (χ4n) is 3.46. The number of hydrogen-bond donors (Lipinski definition) is 1. The molecule has 34 heavy (non-hydrogen) atoms. The van der Waals surface area contributed by atoms with Gasteiger partial charge in [-0.2, -0.15) is 0 Å². The van der Waals surface area contributed by atoms with Crippen molar-refractivity contribution in [3.05, 3.63) is 93.2 Å². The minimum atomic E-state index is -0.211. The molecule has 0 bridgehead atoms. The number of carbonyl (C=O) groups excluding carboxylic acids is 1. The Morgan fingerprint density at radius 1 is 1.12 bits per heavy atom. The molecular weight excluding hydrogens is 470 g/mol. The van der Waals surface area contributed by atoms with Gasteiger partial charge in [-0.25, -0.2) is 4.98 Å². The maximum absolute atomic E-state index is 13.6. The summed E-state index contributed by atoms with van der Waals surface area (Å²) in [7, 11) is 1.60. The van der Waals surface area contributed by atoms with Gasteiger partial charge in [0, 0.05) is 22.9 Å². The van der Waals surface area contributed by atoms with Crippen molar-refractivity contribution in [2.45, 2.75) is 24.3 Å². The molecule has 0 atom stereocenters. The maximum atomic E-state index is 13.6. The molecule has 6 nitrogen and oxygen atoms in total. The van der Waals surface area contributed by atoms with Gasteiger partial charge in [0.15, 0.2) is 5.16 Å². The first-order chi connectivity index (χ1) is 16.5. The molecule has 0 aliphatic carbocycles. The van der Waals surface area contributed by atoms with Crippen molar-refractivity contribution < 1.29 is 9.53 Å². The van der Waals surface area contributed by atoms with Crippen LogP contribution in [0.15, 0.2) is 76.7 Å². The maximum Gasteiger partial charge on any atom is 0.266 e. The number of benzene rings is 3. The van der Waals surface area contributed by atoms with E-state index in [0.29, 0.717) is 50.4 Å². The molecule has 8 heteroatoms. The molecule has 4 rings (SSSR count). The van der Waals surface area contributed by atoms with E-state index in [1.807, 2.05) is 43.3 Å². The highest BCUT2D eigenvalue weighted by atomic mass is 35.5. The van der Waals surface area contributed by atoms with E-state index in [2.05, 4.69) is 5.32 Å². The van der Waals surface area contributed by atoms with Gasteiger partial charge in [-0.1, -0.05) is 48.5 Å². The van der Waals surface area contributed by atoms with Crippen molar-refractivity contribution in [3.8, 4) is 11.4 Å². The molecule has 1 aromatic heterocycles. The van der Waals surface area contributed by atoms with Gasteiger partial charge in [-0.05, 0) is 60.5 Å². The number of methoxy groups -OCH3 is 1. The molecule has 0 aliphatic rings. The molecule has 0 saturated heterocycles. The van der Waals surface area contributed by atoms with Crippen LogP contribution < -0.4 is 15.6 Å². The Morgan fingerprint density at radius 3 is 2.59 bits per heavy atom. The fraction of sp³-hybridized carbons (Fsp3) is 0.192. The minimum absolute atomic E-state index is 0.185. The van der Waals surface area contributed by atoms with Crippen molar-refractivity contribution in [1.82, 2.24) is 14.9 Å². The summed E-state index contributed by atoms with van der Waals surface area (Å²) in [6.45, 7) is 2.58. The zero-order valence-corrected chi connectivity index (χ0v) is 20.4. The second-order valence-corrected chi connectivity index (χ2v) is 8.95. The van der Waals surface area contributed by atoms with Crippen LogP contribution >= 0.6 is 23.4 Å². The predicted octanol–water partition coefficient (Wildman–Crippen LogP) is 5.48. The number of nitrogens with zero attached hydrogens (tertiary/aromatic N) is 2. The highest BCUT2D eigenvalue weighted by molar-refractivity contribution is 7.98. The minimum Gasteiger partial charge on any atom is -0.497 e. The van der Waals surface area contributed by atoms with Gasteiger partial charge in [0.25, 0.3) is 11.5 Å². The Labute approximate surface area is 206 Å². The van der Waals surface area contributed by atoms with Crippen molar-refractivity contribution >= 4 is 40.2 Å². The molecule has 174 valence electrons. The average molecular weight is 494 g/mol. The van der Waals surface area contributed by atoms with E-state index < -0.39 is 0 Å². The number of ether oxygens (including phenoxy) is 1. The van der Waals surface area contributed by atoms with Crippen LogP contribution in [0, 0.1) is 0 Å². The molecule has 3 aromatic carbocycles. The van der Waals surface area contributed by atoms with Gasteiger partial charge in [-0.15, -0.1) is 0 Å². The normalized spacial score (nSPS) is 10.9. The first-order valence-electron chi connectivity index (χ1n) is 10.9. The lowest BCUT2D eigenvalue weighted by atomic mass is 10.1. The zero-order valence-electron chi connectivity index (χ0n) is 18.9. The molecular formula is C26H24ClN3O3S. The molecule has 0 radical (unpaired) electrons. The van der Waals surface area contributed by atoms with E-state index >= 15 is 0 Å². The standard InChI is InChI=1S/C26H24ClN3O3S/c1-3-14-28-24(31)17-8-13-21-23(15-17)29-26(34-16-18-6-4-5-7-22(18)27)30(25(21)32)19-9-11-20(33-2)12-10-19/h4-13,15H,3,14,16H2,1-2H3,(H,28,31). The molecule has 0 saturated carbocycles. The van der Waals surface area contributed by atoms with Crippen LogP contribution in [-0.2, 0) is 5.75 Å². The molecule has 1 N–H and O–H groups in total. The number of thioether (sulfide) groups is 1. The lowest BCUT2D eigenvalue weighted by Crippen LogP contribution is -2.25. The van der Waals surface area contributed by atoms with E-state index in [0.717, 1.165) is 12.0 Å². The Bertz CT molecular complexity index is 1390. The lowest BCUT2D eigenvalue weighted by Gasteiger charge is -2.14. The smallest absolute Gasteiger partial charge is 0.266 e. The number of aromatic nitrogens is 2. The summed E-state index contributed by atoms with van der Waals surface area (Å²) in [5, 5.41) is 4.46. The van der Waals surface area contributed by atoms with Crippen LogP contribution in [0.25, 0.3) is 16.6 Å². The number of amides is 1. The number of carbonyl (C=O) groups is 1. The third-order valence-electron chi connectivity index (χ3n) is 5.28. The van der Waals surface area contributed by atoms with Crippen molar-refractivity contribution in [2.24, 2.45) is 0 Å². The Hall–Kier alpha value is -3.29. The van der Waals surface area contributed by atoms with Crippen LogP contribution in [0.4, 0.5) is 0 Å². The molecule has 0 aliphatic heterocycles. The Morgan fingerprint density at radius 2 is 1.88 bits per heavy atom. The molecule has 1 amide bonds. The van der Waals surface area contributed by atoms with Gasteiger partial charge in [-0.3, -0.25) is 14.2 Å². The highest BCUT2D eigenvalue weighted by Crippen LogP contribution is 2.28.